The molecule has 0 bridgehead atoms. The smallest absolute Gasteiger partial charge is 0.154 e. The SMILES string of the molecule is [CH2]OC(C)OC. The second kappa shape index (κ2) is 3.12. The van der Waals surface area contributed by atoms with Gasteiger partial charge >= 0.3 is 0 Å². The van der Waals surface area contributed by atoms with Gasteiger partial charge in [-0.3, -0.25) is 0 Å². The summed E-state index contributed by atoms with van der Waals surface area (Å²) in [4.78, 5) is 0. The van der Waals surface area contributed by atoms with Crippen molar-refractivity contribution in [3.63, 3.8) is 0 Å². The molecule has 0 aliphatic heterocycles. The van der Waals surface area contributed by atoms with E-state index in [0.29, 0.717) is 0 Å². The molecule has 0 amide bonds. The number of ether oxygens (including phenoxy) is 2. The van der Waals surface area contributed by atoms with Crippen molar-refractivity contribution in [1.82, 2.24) is 0 Å². The average molecular weight is 89.1 g/mol. The molecule has 2 nitrogen and oxygen atoms in total. The third-order valence-electron chi connectivity index (χ3n) is 0.567. The molecule has 0 aromatic heterocycles. The van der Waals surface area contributed by atoms with E-state index in [1.807, 2.05) is 0 Å². The molecule has 0 aliphatic rings. The molecule has 1 atom stereocenters. The Morgan fingerprint density at radius 1 is 1.67 bits per heavy atom. The highest BCUT2D eigenvalue weighted by Gasteiger charge is 1.88. The van der Waals surface area contributed by atoms with Gasteiger partial charge in [-0.25, -0.2) is 0 Å². The molecule has 1 unspecified atom stereocenters. The lowest BCUT2D eigenvalue weighted by Crippen LogP contribution is -2.04. The van der Waals surface area contributed by atoms with Crippen LogP contribution in [0, 0.1) is 7.11 Å². The molecule has 0 aliphatic carbocycles. The monoisotopic (exact) mass is 89.1 g/mol. The fraction of sp³-hybridized carbons (Fsp3) is 0.750. The minimum absolute atomic E-state index is 0.176. The third-order valence-corrected chi connectivity index (χ3v) is 0.567. The largest absolute Gasteiger partial charge is 0.356 e. The summed E-state index contributed by atoms with van der Waals surface area (Å²) < 4.78 is 9.04. The first kappa shape index (κ1) is 5.92. The minimum atomic E-state index is -0.176. The quantitative estimate of drug-likeness (QED) is 0.465. The van der Waals surface area contributed by atoms with Gasteiger partial charge in [0.05, 0.1) is 7.11 Å². The zero-order chi connectivity index (χ0) is 4.99. The van der Waals surface area contributed by atoms with Crippen molar-refractivity contribution in [1.29, 1.82) is 0 Å². The van der Waals surface area contributed by atoms with E-state index in [9.17, 15) is 0 Å². The molecule has 37 valence electrons. The zero-order valence-corrected chi connectivity index (χ0v) is 4.10. The molecule has 1 radical (unpaired) electrons. The first-order valence-corrected chi connectivity index (χ1v) is 1.75. The van der Waals surface area contributed by atoms with E-state index < -0.39 is 0 Å². The zero-order valence-electron chi connectivity index (χ0n) is 4.10. The molecule has 2 heteroatoms. The van der Waals surface area contributed by atoms with E-state index in [1.165, 1.54) is 0 Å². The highest BCUT2D eigenvalue weighted by Crippen LogP contribution is 1.84. The van der Waals surface area contributed by atoms with Crippen LogP contribution in [0.3, 0.4) is 0 Å². The Morgan fingerprint density at radius 2 is 2.17 bits per heavy atom. The molecule has 0 aromatic carbocycles. The van der Waals surface area contributed by atoms with Gasteiger partial charge in [0, 0.05) is 7.11 Å². The summed E-state index contributed by atoms with van der Waals surface area (Å²) in [6.45, 7) is 1.77. The van der Waals surface area contributed by atoms with Crippen molar-refractivity contribution in [2.45, 2.75) is 13.2 Å². The van der Waals surface area contributed by atoms with Gasteiger partial charge in [0.2, 0.25) is 0 Å². The molecular weight excluding hydrogens is 80.0 g/mol. The van der Waals surface area contributed by atoms with Crippen molar-refractivity contribution >= 4 is 0 Å². The van der Waals surface area contributed by atoms with Gasteiger partial charge in [-0.05, 0) is 6.92 Å². The van der Waals surface area contributed by atoms with Crippen LogP contribution in [0.15, 0.2) is 0 Å². The lowest BCUT2D eigenvalue weighted by molar-refractivity contribution is -0.0710. The van der Waals surface area contributed by atoms with Crippen molar-refractivity contribution in [2.24, 2.45) is 0 Å². The Morgan fingerprint density at radius 3 is 2.17 bits per heavy atom. The Labute approximate surface area is 38.1 Å². The van der Waals surface area contributed by atoms with Crippen molar-refractivity contribution in [2.75, 3.05) is 7.11 Å². The second-order valence-electron chi connectivity index (χ2n) is 0.970. The summed E-state index contributed by atoms with van der Waals surface area (Å²) in [6.07, 6.45) is -0.176. The summed E-state index contributed by atoms with van der Waals surface area (Å²) in [5.41, 5.74) is 0. The molecule has 0 heterocycles. The predicted molar refractivity (Wildman–Crippen MR) is 22.9 cm³/mol. The Hall–Kier alpha value is -0.0800. The fourth-order valence-electron chi connectivity index (χ4n) is 0.0680. The normalized spacial score (nSPS) is 10.0. The van der Waals surface area contributed by atoms with Crippen molar-refractivity contribution in [3.8, 4) is 0 Å². The molecule has 0 spiro atoms. The molecule has 0 saturated carbocycles. The molecule has 0 N–H and O–H groups in total. The van der Waals surface area contributed by atoms with E-state index in [4.69, 9.17) is 0 Å². The highest BCUT2D eigenvalue weighted by molar-refractivity contribution is 4.21. The van der Waals surface area contributed by atoms with Gasteiger partial charge in [-0.1, -0.05) is 0 Å². The maximum Gasteiger partial charge on any atom is 0.154 e. The lowest BCUT2D eigenvalue weighted by atomic mass is 10.8. The van der Waals surface area contributed by atoms with Gasteiger partial charge in [-0.2, -0.15) is 0 Å². The first-order valence-electron chi connectivity index (χ1n) is 1.75. The maximum absolute atomic E-state index is 4.61. The number of rotatable bonds is 2. The highest BCUT2D eigenvalue weighted by atomic mass is 16.7. The minimum Gasteiger partial charge on any atom is -0.356 e. The van der Waals surface area contributed by atoms with Crippen molar-refractivity contribution < 1.29 is 9.47 Å². The molecular formula is C4H9O2. The van der Waals surface area contributed by atoms with Crippen LogP contribution in [0.25, 0.3) is 0 Å². The Kier molecular flexibility index (Phi) is 3.08. The van der Waals surface area contributed by atoms with E-state index in [0.717, 1.165) is 0 Å². The number of methoxy groups -OCH3 is 1. The first-order chi connectivity index (χ1) is 2.81. The van der Waals surface area contributed by atoms with Crippen LogP contribution in [0.2, 0.25) is 0 Å². The van der Waals surface area contributed by atoms with Gasteiger partial charge < -0.3 is 9.47 Å². The Bertz CT molecular complexity index is 24.7. The van der Waals surface area contributed by atoms with Crippen LogP contribution < -0.4 is 0 Å². The van der Waals surface area contributed by atoms with Gasteiger partial charge in [0.25, 0.3) is 0 Å². The van der Waals surface area contributed by atoms with Crippen LogP contribution in [0.4, 0.5) is 0 Å². The number of hydrogen-bond donors (Lipinski definition) is 0. The summed E-state index contributed by atoms with van der Waals surface area (Å²) in [7, 11) is 4.70. The Balaban J connectivity index is 2.75. The summed E-state index contributed by atoms with van der Waals surface area (Å²) in [5, 5.41) is 0. The van der Waals surface area contributed by atoms with Crippen molar-refractivity contribution in [3.05, 3.63) is 7.11 Å². The van der Waals surface area contributed by atoms with Crippen LogP contribution in [-0.2, 0) is 9.47 Å². The van der Waals surface area contributed by atoms with Crippen LogP contribution >= 0.6 is 0 Å². The van der Waals surface area contributed by atoms with E-state index in [-0.39, 0.29) is 6.29 Å². The summed E-state index contributed by atoms with van der Waals surface area (Å²) >= 11 is 0. The van der Waals surface area contributed by atoms with E-state index in [2.05, 4.69) is 16.6 Å². The molecule has 6 heavy (non-hydrogen) atoms. The predicted octanol–water partition coefficient (Wildman–Crippen LogP) is 0.787. The van der Waals surface area contributed by atoms with Gasteiger partial charge in [0.1, 0.15) is 0 Å². The topological polar surface area (TPSA) is 18.5 Å². The summed E-state index contributed by atoms with van der Waals surface area (Å²) in [6, 6.07) is 0. The van der Waals surface area contributed by atoms with Crippen LogP contribution in [-0.4, -0.2) is 13.4 Å². The summed E-state index contributed by atoms with van der Waals surface area (Å²) in [5.74, 6) is 0. The molecule has 0 aromatic rings. The van der Waals surface area contributed by atoms with Crippen LogP contribution in [0.5, 0.6) is 0 Å². The maximum atomic E-state index is 4.61. The van der Waals surface area contributed by atoms with E-state index >= 15 is 0 Å². The molecule has 0 fully saturated rings. The third kappa shape index (κ3) is 2.18. The van der Waals surface area contributed by atoms with Crippen LogP contribution in [0.1, 0.15) is 6.92 Å². The average Bonchev–Trinajstić information content (AvgIpc) is 1.65. The second-order valence-corrected chi connectivity index (χ2v) is 0.970. The number of hydrogen-bond acceptors (Lipinski definition) is 2. The molecule has 0 saturated heterocycles. The molecule has 0 rings (SSSR count). The van der Waals surface area contributed by atoms with Gasteiger partial charge in [-0.15, -0.1) is 0 Å². The fourth-order valence-corrected chi connectivity index (χ4v) is 0.0680. The van der Waals surface area contributed by atoms with Gasteiger partial charge in [0.15, 0.2) is 6.29 Å². The van der Waals surface area contributed by atoms with E-state index in [1.54, 1.807) is 14.0 Å². The lowest BCUT2D eigenvalue weighted by Gasteiger charge is -2.02. The standard InChI is InChI=1S/C4H9O2/c1-4(5-2)6-3/h4H,2H2,1,3H3.